The molecule has 0 spiro atoms. The van der Waals surface area contributed by atoms with Gasteiger partial charge in [0.15, 0.2) is 8.32 Å². The third-order valence-electron chi connectivity index (χ3n) is 6.41. The van der Waals surface area contributed by atoms with Crippen LogP contribution in [0.15, 0.2) is 15.7 Å². The van der Waals surface area contributed by atoms with Gasteiger partial charge in [-0.25, -0.2) is 0 Å². The van der Waals surface area contributed by atoms with Crippen LogP contribution >= 0.6 is 0 Å². The van der Waals surface area contributed by atoms with E-state index in [1.165, 1.54) is 0 Å². The Morgan fingerprint density at radius 2 is 2.10 bits per heavy atom. The first-order chi connectivity index (χ1) is 14.3. The quantitative estimate of drug-likeness (QED) is 0.271. The molecule has 3 atom stereocenters. The molecule has 0 radical (unpaired) electrons. The Balaban J connectivity index is 2.34. The second-order valence-electron chi connectivity index (χ2n) is 10.4. The maximum absolute atomic E-state index is 13.8. The van der Waals surface area contributed by atoms with Gasteiger partial charge in [-0.2, -0.15) is 5.10 Å². The van der Waals surface area contributed by atoms with Crippen molar-refractivity contribution in [3.63, 3.8) is 0 Å². The van der Waals surface area contributed by atoms with Crippen molar-refractivity contribution in [1.82, 2.24) is 15.5 Å². The predicted molar refractivity (Wildman–Crippen MR) is 126 cm³/mol. The average Bonchev–Trinajstić information content (AvgIpc) is 3.24. The Hall–Kier alpha value is -1.87. The fraction of sp³-hybridized carbons (Fsp3) is 0.773. The lowest BCUT2D eigenvalue weighted by Crippen LogP contribution is -2.47. The van der Waals surface area contributed by atoms with Gasteiger partial charge in [0.05, 0.1) is 17.8 Å². The number of amidine groups is 1. The number of aryl methyl sites for hydroxylation is 1. The van der Waals surface area contributed by atoms with Gasteiger partial charge in [-0.15, -0.1) is 0 Å². The number of carbonyl (C=O) groups excluding carboxylic acids is 1. The molecule has 9 heteroatoms. The zero-order valence-electron chi connectivity index (χ0n) is 20.7. The van der Waals surface area contributed by atoms with Crippen LogP contribution in [-0.2, 0) is 9.22 Å². The maximum Gasteiger partial charge on any atom is 0.234 e. The summed E-state index contributed by atoms with van der Waals surface area (Å²) in [5.41, 5.74) is 10.0. The van der Waals surface area contributed by atoms with Crippen LogP contribution in [0.1, 0.15) is 65.3 Å². The van der Waals surface area contributed by atoms with Crippen LogP contribution < -0.4 is 11.2 Å². The minimum atomic E-state index is -2.00. The first-order valence-corrected chi connectivity index (χ1v) is 14.2. The molecule has 3 N–H and O–H groups in total. The number of nitrogens with zero attached hydrogens (tertiary/aromatic N) is 3. The Morgan fingerprint density at radius 1 is 1.45 bits per heavy atom. The number of hydrazone groups is 1. The Labute approximate surface area is 188 Å². The van der Waals surface area contributed by atoms with E-state index in [9.17, 15) is 4.79 Å². The van der Waals surface area contributed by atoms with E-state index in [2.05, 4.69) is 49.5 Å². The summed E-state index contributed by atoms with van der Waals surface area (Å²) in [7, 11) is -2.00. The zero-order valence-corrected chi connectivity index (χ0v) is 21.7. The molecule has 1 aliphatic heterocycles. The monoisotopic (exact) mass is 451 g/mol. The number of hydrogen-bond donors (Lipinski definition) is 2. The summed E-state index contributed by atoms with van der Waals surface area (Å²) in [5.74, 6) is 0.599. The molecule has 0 bridgehead atoms. The van der Waals surface area contributed by atoms with Crippen molar-refractivity contribution in [3.8, 4) is 0 Å². The van der Waals surface area contributed by atoms with Crippen molar-refractivity contribution >= 4 is 20.1 Å². The van der Waals surface area contributed by atoms with Gasteiger partial charge in [0.25, 0.3) is 0 Å². The molecule has 0 aliphatic carbocycles. The first kappa shape index (κ1) is 25.4. The third-order valence-corrected chi connectivity index (χ3v) is 10.9. The SMILES string of the molecule is CCNN=C(N)[C@@H]1C[C@@H](O[Si](C)(C)C(C)(C)C)CN1C(=O)C(c1cc(C)no1)C(C)C. The zero-order chi connectivity index (χ0) is 23.6. The molecule has 2 rings (SSSR count). The van der Waals surface area contributed by atoms with Crippen molar-refractivity contribution in [2.45, 2.75) is 91.1 Å². The van der Waals surface area contributed by atoms with Crippen LogP contribution in [0.25, 0.3) is 0 Å². The van der Waals surface area contributed by atoms with Crippen molar-refractivity contribution in [3.05, 3.63) is 17.5 Å². The minimum Gasteiger partial charge on any atom is -0.412 e. The van der Waals surface area contributed by atoms with Crippen LogP contribution in [0.4, 0.5) is 0 Å². The summed E-state index contributed by atoms with van der Waals surface area (Å²) < 4.78 is 12.1. The predicted octanol–water partition coefficient (Wildman–Crippen LogP) is 3.60. The number of likely N-dealkylation sites (tertiary alicyclic amines) is 1. The molecular weight excluding hydrogens is 410 g/mol. The van der Waals surface area contributed by atoms with Gasteiger partial charge in [0.1, 0.15) is 17.5 Å². The fourth-order valence-corrected chi connectivity index (χ4v) is 5.05. The Bertz CT molecular complexity index is 784. The van der Waals surface area contributed by atoms with Gasteiger partial charge in [0.2, 0.25) is 5.91 Å². The molecule has 31 heavy (non-hydrogen) atoms. The number of rotatable bonds is 8. The molecule has 1 aromatic rings. The fourth-order valence-electron chi connectivity index (χ4n) is 3.69. The van der Waals surface area contributed by atoms with E-state index in [0.29, 0.717) is 31.1 Å². The van der Waals surface area contributed by atoms with E-state index in [1.807, 2.05) is 38.7 Å². The lowest BCUT2D eigenvalue weighted by Gasteiger charge is -2.38. The largest absolute Gasteiger partial charge is 0.412 e. The molecule has 1 saturated heterocycles. The van der Waals surface area contributed by atoms with Crippen LogP contribution in [0, 0.1) is 12.8 Å². The summed E-state index contributed by atoms with van der Waals surface area (Å²) in [6, 6.07) is 1.53. The summed E-state index contributed by atoms with van der Waals surface area (Å²) >= 11 is 0. The Morgan fingerprint density at radius 3 is 2.58 bits per heavy atom. The smallest absolute Gasteiger partial charge is 0.234 e. The highest BCUT2D eigenvalue weighted by molar-refractivity contribution is 6.74. The number of amides is 1. The van der Waals surface area contributed by atoms with E-state index >= 15 is 0 Å². The van der Waals surface area contributed by atoms with Gasteiger partial charge in [-0.3, -0.25) is 4.79 Å². The van der Waals surface area contributed by atoms with Gasteiger partial charge in [-0.1, -0.05) is 39.8 Å². The van der Waals surface area contributed by atoms with E-state index in [1.54, 1.807) is 0 Å². The molecule has 0 saturated carbocycles. The minimum absolute atomic E-state index is 0.0212. The summed E-state index contributed by atoms with van der Waals surface area (Å²) in [4.78, 5) is 15.6. The molecule has 1 amide bonds. The van der Waals surface area contributed by atoms with Crippen LogP contribution in [-0.4, -0.2) is 55.4 Å². The second-order valence-corrected chi connectivity index (χ2v) is 15.1. The number of nitrogens with two attached hydrogens (primary N) is 1. The lowest BCUT2D eigenvalue weighted by molar-refractivity contribution is -0.134. The third kappa shape index (κ3) is 5.88. The van der Waals surface area contributed by atoms with Crippen molar-refractivity contribution in [1.29, 1.82) is 0 Å². The summed E-state index contributed by atoms with van der Waals surface area (Å²) in [6.45, 7) is 20.1. The molecule has 1 unspecified atom stereocenters. The first-order valence-electron chi connectivity index (χ1n) is 11.3. The molecule has 1 aliphatic rings. The van der Waals surface area contributed by atoms with E-state index in [0.717, 1.165) is 5.69 Å². The molecule has 176 valence electrons. The number of aromatic nitrogens is 1. The van der Waals surface area contributed by atoms with Gasteiger partial charge >= 0.3 is 0 Å². The second kappa shape index (κ2) is 9.73. The van der Waals surface area contributed by atoms with Crippen LogP contribution in [0.3, 0.4) is 0 Å². The lowest BCUT2D eigenvalue weighted by atomic mass is 9.91. The molecule has 8 nitrogen and oxygen atoms in total. The number of nitrogens with one attached hydrogen (secondary N) is 1. The van der Waals surface area contributed by atoms with Crippen molar-refractivity contribution in [2.24, 2.45) is 16.8 Å². The molecule has 1 aromatic heterocycles. The Kier molecular flexibility index (Phi) is 7.97. The highest BCUT2D eigenvalue weighted by Gasteiger charge is 2.46. The van der Waals surface area contributed by atoms with Crippen LogP contribution in [0.2, 0.25) is 18.1 Å². The van der Waals surface area contributed by atoms with Crippen molar-refractivity contribution in [2.75, 3.05) is 13.1 Å². The van der Waals surface area contributed by atoms with Gasteiger partial charge in [-0.05, 0) is 37.9 Å². The molecule has 1 fully saturated rings. The number of hydrogen-bond acceptors (Lipinski definition) is 6. The molecule has 2 heterocycles. The van der Waals surface area contributed by atoms with Crippen molar-refractivity contribution < 1.29 is 13.7 Å². The molecule has 0 aromatic carbocycles. The van der Waals surface area contributed by atoms with E-state index in [-0.39, 0.29) is 29.0 Å². The highest BCUT2D eigenvalue weighted by atomic mass is 28.4. The standard InChI is InChI=1S/C22H41N5O3Si/c1-10-24-25-20(23)17-12-16(30-31(8,9)22(5,6)7)13-27(17)21(28)19(14(2)3)18-11-15(4)26-29-18/h11,14,16-17,19,24H,10,12-13H2,1-9H3,(H2,23,25)/t16-,17+,19?/m1/s1. The van der Waals surface area contributed by atoms with Gasteiger partial charge < -0.3 is 25.0 Å². The molecular formula is C22H41N5O3Si. The van der Waals surface area contributed by atoms with E-state index in [4.69, 9.17) is 14.7 Å². The normalized spacial score (nSPS) is 21.6. The average molecular weight is 452 g/mol. The summed E-state index contributed by atoms with van der Waals surface area (Å²) in [5, 5.41) is 8.36. The maximum atomic E-state index is 13.8. The topological polar surface area (TPSA) is 106 Å². The summed E-state index contributed by atoms with van der Waals surface area (Å²) in [6.07, 6.45) is 0.564. The van der Waals surface area contributed by atoms with Gasteiger partial charge in [0, 0.05) is 25.6 Å². The highest BCUT2D eigenvalue weighted by Crippen LogP contribution is 2.39. The van der Waals surface area contributed by atoms with E-state index < -0.39 is 14.2 Å². The van der Waals surface area contributed by atoms with Crippen LogP contribution in [0.5, 0.6) is 0 Å². The number of carbonyl (C=O) groups is 1.